The number of hydrogen-bond donors (Lipinski definition) is 1. The number of nitrogens with one attached hydrogen (secondary N) is 2. The summed E-state index contributed by atoms with van der Waals surface area (Å²) in [6, 6.07) is 9.49. The van der Waals surface area contributed by atoms with Crippen LogP contribution in [0.3, 0.4) is 0 Å². The number of ether oxygens (including phenoxy) is 2. The fourth-order valence-corrected chi connectivity index (χ4v) is 3.45. The van der Waals surface area contributed by atoms with E-state index in [1.54, 1.807) is 0 Å². The van der Waals surface area contributed by atoms with Gasteiger partial charge < -0.3 is 14.8 Å². The highest BCUT2D eigenvalue weighted by Crippen LogP contribution is 2.38. The number of carbonyl (C=O) groups is 2. The predicted octanol–water partition coefficient (Wildman–Crippen LogP) is 3.47. The average Bonchev–Trinajstić information content (AvgIpc) is 2.58. The summed E-state index contributed by atoms with van der Waals surface area (Å²) in [5, 5.41) is 2.77. The number of hydrogen-bond acceptors (Lipinski definition) is 4. The van der Waals surface area contributed by atoms with E-state index >= 15 is 0 Å². The van der Waals surface area contributed by atoms with Crippen molar-refractivity contribution >= 4 is 12.0 Å². The first-order chi connectivity index (χ1) is 12.2. The molecule has 0 saturated heterocycles. The molecule has 2 atom stereocenters. The van der Waals surface area contributed by atoms with Crippen LogP contribution >= 0.6 is 0 Å². The first-order valence-electron chi connectivity index (χ1n) is 9.11. The zero-order valence-corrected chi connectivity index (χ0v) is 15.8. The Morgan fingerprint density at radius 1 is 1.27 bits per heavy atom. The van der Waals surface area contributed by atoms with Crippen molar-refractivity contribution in [3.63, 3.8) is 0 Å². The van der Waals surface area contributed by atoms with Crippen molar-refractivity contribution in [2.45, 2.75) is 64.3 Å². The molecule has 26 heavy (non-hydrogen) atoms. The second kappa shape index (κ2) is 8.54. The van der Waals surface area contributed by atoms with E-state index in [2.05, 4.69) is 5.32 Å². The highest BCUT2D eigenvalue weighted by Gasteiger charge is 2.45. The normalized spacial score (nSPS) is 23.3. The van der Waals surface area contributed by atoms with Gasteiger partial charge in [-0.3, -0.25) is 10.5 Å². The second-order valence-electron chi connectivity index (χ2n) is 7.94. The molecular formula is C20H29N2O4. The van der Waals surface area contributed by atoms with Crippen LogP contribution in [0.5, 0.6) is 0 Å². The van der Waals surface area contributed by atoms with Crippen LogP contribution in [0.4, 0.5) is 4.79 Å². The number of alkyl carbamates (subject to hydrolysis) is 1. The molecule has 0 aromatic heterocycles. The molecule has 6 heteroatoms. The Morgan fingerprint density at radius 3 is 2.58 bits per heavy atom. The lowest BCUT2D eigenvalue weighted by Crippen LogP contribution is -2.51. The van der Waals surface area contributed by atoms with E-state index in [0.717, 1.165) is 18.4 Å². The smallest absolute Gasteiger partial charge is 0.407 e. The summed E-state index contributed by atoms with van der Waals surface area (Å²) in [6.07, 6.45) is 2.22. The van der Waals surface area contributed by atoms with Gasteiger partial charge in [0.15, 0.2) is 0 Å². The van der Waals surface area contributed by atoms with Crippen molar-refractivity contribution in [1.82, 2.24) is 11.1 Å². The van der Waals surface area contributed by atoms with Crippen LogP contribution in [-0.4, -0.2) is 29.7 Å². The number of amides is 2. The lowest BCUT2D eigenvalue weighted by Gasteiger charge is -2.42. The highest BCUT2D eigenvalue weighted by molar-refractivity contribution is 5.83. The van der Waals surface area contributed by atoms with Crippen molar-refractivity contribution in [1.29, 1.82) is 0 Å². The molecule has 0 spiro atoms. The van der Waals surface area contributed by atoms with Crippen LogP contribution in [0.25, 0.3) is 0 Å². The third-order valence-electron chi connectivity index (χ3n) is 4.47. The number of rotatable bonds is 6. The molecule has 143 valence electrons. The van der Waals surface area contributed by atoms with Gasteiger partial charge in [0.1, 0.15) is 12.2 Å². The maximum absolute atomic E-state index is 12.0. The summed E-state index contributed by atoms with van der Waals surface area (Å²) in [4.78, 5) is 23.9. The molecule has 1 aliphatic rings. The molecule has 2 rings (SSSR count). The summed E-state index contributed by atoms with van der Waals surface area (Å²) in [5.41, 5.74) is 7.05. The van der Waals surface area contributed by atoms with E-state index in [1.807, 2.05) is 51.1 Å². The lowest BCUT2D eigenvalue weighted by molar-refractivity contribution is -0.176. The fourth-order valence-electron chi connectivity index (χ4n) is 3.45. The van der Waals surface area contributed by atoms with E-state index in [-0.39, 0.29) is 12.5 Å². The molecule has 1 aromatic rings. The van der Waals surface area contributed by atoms with E-state index in [1.165, 1.54) is 0 Å². The third kappa shape index (κ3) is 6.02. The maximum atomic E-state index is 12.0. The van der Waals surface area contributed by atoms with Crippen LogP contribution in [0.2, 0.25) is 0 Å². The van der Waals surface area contributed by atoms with E-state index in [0.29, 0.717) is 19.4 Å². The van der Waals surface area contributed by atoms with Gasteiger partial charge in [-0.2, -0.15) is 0 Å². The van der Waals surface area contributed by atoms with E-state index < -0.39 is 23.2 Å². The minimum atomic E-state index is -1.07. The zero-order valence-electron chi connectivity index (χ0n) is 15.8. The summed E-state index contributed by atoms with van der Waals surface area (Å²) in [5.74, 6) is -0.589. The predicted molar refractivity (Wildman–Crippen MR) is 98.3 cm³/mol. The molecule has 0 aliphatic heterocycles. The van der Waals surface area contributed by atoms with Crippen molar-refractivity contribution in [3.8, 4) is 0 Å². The molecule has 1 fully saturated rings. The molecule has 1 aliphatic carbocycles. The molecule has 2 N–H and O–H groups in total. The second-order valence-corrected chi connectivity index (χ2v) is 7.94. The van der Waals surface area contributed by atoms with Crippen LogP contribution in [0.1, 0.15) is 52.0 Å². The van der Waals surface area contributed by atoms with Crippen molar-refractivity contribution in [2.24, 2.45) is 5.92 Å². The van der Waals surface area contributed by atoms with Gasteiger partial charge in [0.25, 0.3) is 5.91 Å². The summed E-state index contributed by atoms with van der Waals surface area (Å²) >= 11 is 0. The quantitative estimate of drug-likeness (QED) is 0.840. The topological polar surface area (TPSA) is 88.4 Å². The monoisotopic (exact) mass is 361 g/mol. The highest BCUT2D eigenvalue weighted by atomic mass is 16.5. The van der Waals surface area contributed by atoms with Gasteiger partial charge in [0.2, 0.25) is 0 Å². The van der Waals surface area contributed by atoms with Gasteiger partial charge in [-0.15, -0.1) is 0 Å². The molecule has 6 nitrogen and oxygen atoms in total. The van der Waals surface area contributed by atoms with Gasteiger partial charge in [-0.25, -0.2) is 4.79 Å². The summed E-state index contributed by atoms with van der Waals surface area (Å²) in [6.45, 7) is 6.30. The SMILES string of the molecule is CC(C)(C)OC1(C([NH])=O)CCCC(CNC(=O)OCc2ccccc2)C1. The molecule has 1 aromatic carbocycles. The van der Waals surface area contributed by atoms with Gasteiger partial charge >= 0.3 is 6.09 Å². The Bertz CT molecular complexity index is 612. The molecule has 0 heterocycles. The lowest BCUT2D eigenvalue weighted by atomic mass is 9.77. The third-order valence-corrected chi connectivity index (χ3v) is 4.47. The van der Waals surface area contributed by atoms with Crippen molar-refractivity contribution in [3.05, 3.63) is 35.9 Å². The molecule has 2 unspecified atom stereocenters. The minimum Gasteiger partial charge on any atom is -0.445 e. The van der Waals surface area contributed by atoms with Gasteiger partial charge in [0, 0.05) is 6.54 Å². The van der Waals surface area contributed by atoms with Crippen molar-refractivity contribution < 1.29 is 19.1 Å². The fraction of sp³-hybridized carbons (Fsp3) is 0.600. The van der Waals surface area contributed by atoms with E-state index in [9.17, 15) is 9.59 Å². The van der Waals surface area contributed by atoms with Gasteiger partial charge in [-0.05, 0) is 57.9 Å². The van der Waals surface area contributed by atoms with Crippen LogP contribution < -0.4 is 11.1 Å². The maximum Gasteiger partial charge on any atom is 0.407 e. The Balaban J connectivity index is 1.85. The molecule has 1 radical (unpaired) electrons. The Morgan fingerprint density at radius 2 is 1.96 bits per heavy atom. The van der Waals surface area contributed by atoms with E-state index in [4.69, 9.17) is 15.2 Å². The molecule has 2 amide bonds. The molecule has 0 bridgehead atoms. The Hall–Kier alpha value is -2.08. The Labute approximate surface area is 155 Å². The molecular weight excluding hydrogens is 332 g/mol. The summed E-state index contributed by atoms with van der Waals surface area (Å²) < 4.78 is 11.2. The minimum absolute atomic E-state index is 0.0877. The first-order valence-corrected chi connectivity index (χ1v) is 9.11. The number of benzene rings is 1. The Kier molecular flexibility index (Phi) is 6.64. The average molecular weight is 361 g/mol. The largest absolute Gasteiger partial charge is 0.445 e. The van der Waals surface area contributed by atoms with Gasteiger partial charge in [-0.1, -0.05) is 30.3 Å². The molecule has 1 saturated carbocycles. The van der Waals surface area contributed by atoms with Crippen molar-refractivity contribution in [2.75, 3.05) is 6.54 Å². The zero-order chi connectivity index (χ0) is 19.2. The number of carbonyl (C=O) groups excluding carboxylic acids is 2. The first kappa shape index (κ1) is 20.2. The van der Waals surface area contributed by atoms with Crippen LogP contribution in [0, 0.1) is 5.92 Å². The van der Waals surface area contributed by atoms with Gasteiger partial charge in [0.05, 0.1) is 5.60 Å². The van der Waals surface area contributed by atoms with Crippen LogP contribution in [-0.2, 0) is 20.9 Å². The standard InChI is InChI=1S/C20H29N2O4/c1-19(2,3)26-20(17(21)23)11-7-10-16(12-20)13-22-18(24)25-14-15-8-5-4-6-9-15/h4-6,8-9,16,21H,7,10-14H2,1-3H3,(H,22,24). The summed E-state index contributed by atoms with van der Waals surface area (Å²) in [7, 11) is 0. The van der Waals surface area contributed by atoms with Crippen LogP contribution in [0.15, 0.2) is 30.3 Å².